The number of likely N-dealkylation sites (tertiary alicyclic amines) is 1. The summed E-state index contributed by atoms with van der Waals surface area (Å²) in [4.78, 5) is 2.41. The molecule has 1 aliphatic rings. The van der Waals surface area contributed by atoms with E-state index >= 15 is 0 Å². The Balaban J connectivity index is 1.96. The van der Waals surface area contributed by atoms with E-state index in [1.807, 2.05) is 0 Å². The molecule has 1 saturated heterocycles. The number of nitrogens with zero attached hydrogens (tertiary/aromatic N) is 2. The molecule has 16 heavy (non-hydrogen) atoms. The molecule has 0 unspecified atom stereocenters. The van der Waals surface area contributed by atoms with Crippen molar-refractivity contribution in [1.82, 2.24) is 4.90 Å². The highest BCUT2D eigenvalue weighted by atomic mass is 16.5. The molecule has 0 atom stereocenters. The first kappa shape index (κ1) is 13.5. The average Bonchev–Trinajstić information content (AvgIpc) is 2.29. The lowest BCUT2D eigenvalue weighted by Gasteiger charge is -2.28. The molecular weight excluding hydrogens is 200 g/mol. The quantitative estimate of drug-likeness (QED) is 0.649. The number of rotatable bonds is 6. The minimum Gasteiger partial charge on any atom is -0.380 e. The van der Waals surface area contributed by atoms with E-state index < -0.39 is 0 Å². The first-order valence-electron chi connectivity index (χ1n) is 6.42. The normalized spacial score (nSPS) is 18.9. The largest absolute Gasteiger partial charge is 0.380 e. The molecule has 0 aromatic rings. The van der Waals surface area contributed by atoms with Crippen molar-refractivity contribution in [3.8, 4) is 6.07 Å². The van der Waals surface area contributed by atoms with Crippen molar-refractivity contribution in [2.24, 2.45) is 11.8 Å². The van der Waals surface area contributed by atoms with Crippen LogP contribution in [0.4, 0.5) is 0 Å². The summed E-state index contributed by atoms with van der Waals surface area (Å²) in [5, 5.41) is 8.78. The van der Waals surface area contributed by atoms with Crippen LogP contribution < -0.4 is 0 Å². The standard InChI is InChI=1S/C13H24N2O/c1-12(2)5-9-16-10-8-15-6-3-13(11-14)4-7-15/h12-13H,3-10H2,1-2H3. The van der Waals surface area contributed by atoms with E-state index in [0.29, 0.717) is 0 Å². The second-order valence-corrected chi connectivity index (χ2v) is 5.04. The van der Waals surface area contributed by atoms with Crippen LogP contribution in [0.5, 0.6) is 0 Å². The van der Waals surface area contributed by atoms with E-state index in [0.717, 1.165) is 58.0 Å². The molecule has 0 radical (unpaired) electrons. The molecule has 0 amide bonds. The van der Waals surface area contributed by atoms with Crippen LogP contribution in [0.1, 0.15) is 33.1 Å². The van der Waals surface area contributed by atoms with Gasteiger partial charge in [0, 0.05) is 19.1 Å². The van der Waals surface area contributed by atoms with Crippen molar-refractivity contribution in [3.63, 3.8) is 0 Å². The zero-order valence-electron chi connectivity index (χ0n) is 10.6. The Hall–Kier alpha value is -0.590. The fourth-order valence-corrected chi connectivity index (χ4v) is 1.90. The van der Waals surface area contributed by atoms with Crippen molar-refractivity contribution in [1.29, 1.82) is 5.26 Å². The highest BCUT2D eigenvalue weighted by Crippen LogP contribution is 2.15. The van der Waals surface area contributed by atoms with E-state index in [1.54, 1.807) is 0 Å². The summed E-state index contributed by atoms with van der Waals surface area (Å²) in [6, 6.07) is 2.36. The highest BCUT2D eigenvalue weighted by Gasteiger charge is 2.17. The molecule has 3 heteroatoms. The van der Waals surface area contributed by atoms with Gasteiger partial charge in [0.15, 0.2) is 0 Å². The molecule has 1 aliphatic heterocycles. The predicted octanol–water partition coefficient (Wildman–Crippen LogP) is 2.28. The van der Waals surface area contributed by atoms with Crippen LogP contribution in [0.15, 0.2) is 0 Å². The molecule has 92 valence electrons. The molecule has 1 heterocycles. The Kier molecular flexibility index (Phi) is 6.44. The van der Waals surface area contributed by atoms with Gasteiger partial charge in [-0.05, 0) is 38.3 Å². The summed E-state index contributed by atoms with van der Waals surface area (Å²) >= 11 is 0. The van der Waals surface area contributed by atoms with Gasteiger partial charge in [-0.25, -0.2) is 0 Å². The first-order chi connectivity index (χ1) is 7.72. The Bertz CT molecular complexity index is 214. The zero-order valence-corrected chi connectivity index (χ0v) is 10.6. The van der Waals surface area contributed by atoms with Gasteiger partial charge in [-0.1, -0.05) is 13.8 Å². The van der Waals surface area contributed by atoms with Crippen molar-refractivity contribution in [2.45, 2.75) is 33.1 Å². The van der Waals surface area contributed by atoms with E-state index in [-0.39, 0.29) is 5.92 Å². The van der Waals surface area contributed by atoms with Crippen LogP contribution in [0, 0.1) is 23.2 Å². The molecule has 0 saturated carbocycles. The molecule has 0 aromatic heterocycles. The third kappa shape index (κ3) is 5.48. The van der Waals surface area contributed by atoms with Crippen LogP contribution in [-0.2, 0) is 4.74 Å². The van der Waals surface area contributed by atoms with Gasteiger partial charge in [0.1, 0.15) is 0 Å². The lowest BCUT2D eigenvalue weighted by Crippen LogP contribution is -2.35. The van der Waals surface area contributed by atoms with Gasteiger partial charge < -0.3 is 9.64 Å². The summed E-state index contributed by atoms with van der Waals surface area (Å²) in [5.41, 5.74) is 0. The molecular formula is C13H24N2O. The predicted molar refractivity (Wildman–Crippen MR) is 65.1 cm³/mol. The third-order valence-electron chi connectivity index (χ3n) is 3.16. The van der Waals surface area contributed by atoms with Crippen LogP contribution >= 0.6 is 0 Å². The van der Waals surface area contributed by atoms with Gasteiger partial charge in [0.05, 0.1) is 12.7 Å². The van der Waals surface area contributed by atoms with Gasteiger partial charge in [-0.15, -0.1) is 0 Å². The van der Waals surface area contributed by atoms with Crippen molar-refractivity contribution < 1.29 is 4.74 Å². The number of hydrogen-bond donors (Lipinski definition) is 0. The Morgan fingerprint density at radius 3 is 2.56 bits per heavy atom. The molecule has 1 fully saturated rings. The number of ether oxygens (including phenoxy) is 1. The van der Waals surface area contributed by atoms with Gasteiger partial charge in [-0.2, -0.15) is 5.26 Å². The van der Waals surface area contributed by atoms with Crippen LogP contribution in [0.3, 0.4) is 0 Å². The molecule has 0 N–H and O–H groups in total. The molecule has 0 aliphatic carbocycles. The number of hydrogen-bond acceptors (Lipinski definition) is 3. The number of nitriles is 1. The molecule has 1 rings (SSSR count). The van der Waals surface area contributed by atoms with Crippen molar-refractivity contribution >= 4 is 0 Å². The van der Waals surface area contributed by atoms with E-state index in [4.69, 9.17) is 10.00 Å². The Labute approximate surface area is 99.4 Å². The SMILES string of the molecule is CC(C)CCOCCN1CCC(C#N)CC1. The van der Waals surface area contributed by atoms with Crippen LogP contribution in [0.2, 0.25) is 0 Å². The molecule has 0 bridgehead atoms. The summed E-state index contributed by atoms with van der Waals surface area (Å²) in [6.07, 6.45) is 3.21. The Morgan fingerprint density at radius 2 is 2.00 bits per heavy atom. The monoisotopic (exact) mass is 224 g/mol. The van der Waals surface area contributed by atoms with Gasteiger partial charge in [0.25, 0.3) is 0 Å². The lowest BCUT2D eigenvalue weighted by molar-refractivity contribution is 0.0862. The van der Waals surface area contributed by atoms with Crippen molar-refractivity contribution in [2.75, 3.05) is 32.8 Å². The van der Waals surface area contributed by atoms with Gasteiger partial charge in [-0.3, -0.25) is 0 Å². The molecule has 3 nitrogen and oxygen atoms in total. The lowest BCUT2D eigenvalue weighted by atomic mass is 9.99. The fourth-order valence-electron chi connectivity index (χ4n) is 1.90. The summed E-state index contributed by atoms with van der Waals surface area (Å²) in [7, 11) is 0. The average molecular weight is 224 g/mol. The van der Waals surface area contributed by atoms with Gasteiger partial charge >= 0.3 is 0 Å². The maximum atomic E-state index is 8.78. The topological polar surface area (TPSA) is 36.3 Å². The zero-order chi connectivity index (χ0) is 11.8. The van der Waals surface area contributed by atoms with Crippen molar-refractivity contribution in [3.05, 3.63) is 0 Å². The maximum absolute atomic E-state index is 8.78. The number of piperidine rings is 1. The summed E-state index contributed by atoms with van der Waals surface area (Å²) < 4.78 is 5.59. The summed E-state index contributed by atoms with van der Waals surface area (Å²) in [5.74, 6) is 1.02. The fraction of sp³-hybridized carbons (Fsp3) is 0.923. The minimum absolute atomic E-state index is 0.290. The van der Waals surface area contributed by atoms with Crippen LogP contribution in [-0.4, -0.2) is 37.7 Å². The van der Waals surface area contributed by atoms with E-state index in [9.17, 15) is 0 Å². The van der Waals surface area contributed by atoms with E-state index in [2.05, 4.69) is 24.8 Å². The van der Waals surface area contributed by atoms with E-state index in [1.165, 1.54) is 0 Å². The maximum Gasteiger partial charge on any atom is 0.0656 e. The second-order valence-electron chi connectivity index (χ2n) is 5.04. The smallest absolute Gasteiger partial charge is 0.0656 e. The molecule has 0 aromatic carbocycles. The third-order valence-corrected chi connectivity index (χ3v) is 3.16. The second kappa shape index (κ2) is 7.65. The minimum atomic E-state index is 0.290. The first-order valence-corrected chi connectivity index (χ1v) is 6.42. The highest BCUT2D eigenvalue weighted by molar-refractivity contribution is 4.87. The Morgan fingerprint density at radius 1 is 1.31 bits per heavy atom. The van der Waals surface area contributed by atoms with Crippen LogP contribution in [0.25, 0.3) is 0 Å². The van der Waals surface area contributed by atoms with Gasteiger partial charge in [0.2, 0.25) is 0 Å². The molecule has 0 spiro atoms. The summed E-state index contributed by atoms with van der Waals surface area (Å²) in [6.45, 7) is 9.30.